The molecule has 74 valence electrons. The quantitative estimate of drug-likeness (QED) is 0.629. The van der Waals surface area contributed by atoms with Gasteiger partial charge in [0.25, 0.3) is 0 Å². The van der Waals surface area contributed by atoms with Crippen LogP contribution in [0.3, 0.4) is 0 Å². The summed E-state index contributed by atoms with van der Waals surface area (Å²) in [7, 11) is 0. The molecule has 12 heavy (non-hydrogen) atoms. The predicted molar refractivity (Wildman–Crippen MR) is 55.5 cm³/mol. The van der Waals surface area contributed by atoms with Gasteiger partial charge in [-0.1, -0.05) is 20.8 Å². The van der Waals surface area contributed by atoms with Gasteiger partial charge < -0.3 is 10.2 Å². The summed E-state index contributed by atoms with van der Waals surface area (Å²) in [6.45, 7) is 13.5. The molecule has 0 fully saturated rings. The van der Waals surface area contributed by atoms with Crippen molar-refractivity contribution in [1.82, 2.24) is 10.2 Å². The minimum atomic E-state index is 0.663. The Morgan fingerprint density at radius 3 is 2.17 bits per heavy atom. The van der Waals surface area contributed by atoms with Crippen LogP contribution in [-0.2, 0) is 0 Å². The third kappa shape index (κ3) is 5.56. The van der Waals surface area contributed by atoms with Crippen molar-refractivity contribution in [2.75, 3.05) is 26.2 Å². The Hall–Kier alpha value is -0.0800. The van der Waals surface area contributed by atoms with Gasteiger partial charge in [0.15, 0.2) is 0 Å². The molecule has 0 rings (SSSR count). The summed E-state index contributed by atoms with van der Waals surface area (Å²) in [4.78, 5) is 2.47. The zero-order valence-electron chi connectivity index (χ0n) is 9.06. The van der Waals surface area contributed by atoms with Crippen molar-refractivity contribution in [3.05, 3.63) is 0 Å². The monoisotopic (exact) mass is 172 g/mol. The topological polar surface area (TPSA) is 15.3 Å². The number of rotatable bonds is 7. The van der Waals surface area contributed by atoms with Crippen molar-refractivity contribution in [2.24, 2.45) is 0 Å². The zero-order valence-corrected chi connectivity index (χ0v) is 9.06. The fourth-order valence-corrected chi connectivity index (χ4v) is 1.37. The van der Waals surface area contributed by atoms with Crippen molar-refractivity contribution < 1.29 is 0 Å². The van der Waals surface area contributed by atoms with Gasteiger partial charge in [0, 0.05) is 6.04 Å². The van der Waals surface area contributed by atoms with Gasteiger partial charge in [0.2, 0.25) is 0 Å². The lowest BCUT2D eigenvalue weighted by molar-refractivity contribution is 0.285. The second kappa shape index (κ2) is 7.56. The van der Waals surface area contributed by atoms with E-state index in [9.17, 15) is 0 Å². The average molecular weight is 172 g/mol. The smallest absolute Gasteiger partial charge is 0.00507 e. The largest absolute Gasteiger partial charge is 0.314 e. The Kier molecular flexibility index (Phi) is 7.51. The van der Waals surface area contributed by atoms with Gasteiger partial charge in [-0.05, 0) is 39.5 Å². The molecule has 1 N–H and O–H groups in total. The third-order valence-electron chi connectivity index (χ3n) is 2.33. The molecule has 1 unspecified atom stereocenters. The first-order chi connectivity index (χ1) is 5.74. The maximum Gasteiger partial charge on any atom is 0.00507 e. The molecule has 2 nitrogen and oxygen atoms in total. The van der Waals surface area contributed by atoms with E-state index in [0.29, 0.717) is 6.04 Å². The van der Waals surface area contributed by atoms with Crippen LogP contribution in [0.4, 0.5) is 0 Å². The third-order valence-corrected chi connectivity index (χ3v) is 2.33. The predicted octanol–water partition coefficient (Wildman–Crippen LogP) is 1.72. The van der Waals surface area contributed by atoms with Crippen molar-refractivity contribution in [3.63, 3.8) is 0 Å². The maximum absolute atomic E-state index is 3.42. The SMILES string of the molecule is CCNC(C)CCN(CC)CC. The standard InChI is InChI=1S/C10H24N2/c1-5-11-10(4)8-9-12(6-2)7-3/h10-11H,5-9H2,1-4H3. The Morgan fingerprint density at radius 2 is 1.75 bits per heavy atom. The highest BCUT2D eigenvalue weighted by Crippen LogP contribution is 1.95. The van der Waals surface area contributed by atoms with Crippen LogP contribution in [0, 0.1) is 0 Å². The Balaban J connectivity index is 3.37. The average Bonchev–Trinajstić information content (AvgIpc) is 2.07. The number of nitrogens with one attached hydrogen (secondary N) is 1. The Morgan fingerprint density at radius 1 is 1.17 bits per heavy atom. The summed E-state index contributed by atoms with van der Waals surface area (Å²) in [6.07, 6.45) is 1.26. The van der Waals surface area contributed by atoms with Crippen LogP contribution in [0.5, 0.6) is 0 Å². The molecule has 1 atom stereocenters. The normalized spacial score (nSPS) is 13.8. The molecule has 0 spiro atoms. The fourth-order valence-electron chi connectivity index (χ4n) is 1.37. The summed E-state index contributed by atoms with van der Waals surface area (Å²) in [5, 5.41) is 3.42. The molecule has 0 amide bonds. The second-order valence-corrected chi connectivity index (χ2v) is 3.27. The number of hydrogen-bond donors (Lipinski definition) is 1. The van der Waals surface area contributed by atoms with Gasteiger partial charge in [-0.15, -0.1) is 0 Å². The molecule has 0 aromatic heterocycles. The molecule has 0 aliphatic rings. The molecule has 0 aromatic carbocycles. The van der Waals surface area contributed by atoms with E-state index >= 15 is 0 Å². The zero-order chi connectivity index (χ0) is 9.40. The molecule has 2 heteroatoms. The van der Waals surface area contributed by atoms with Crippen LogP contribution >= 0.6 is 0 Å². The molecule has 0 aromatic rings. The maximum atomic E-state index is 3.42. The highest BCUT2D eigenvalue weighted by Gasteiger charge is 2.02. The molecule has 0 aliphatic carbocycles. The first-order valence-electron chi connectivity index (χ1n) is 5.20. The molecule has 0 heterocycles. The van der Waals surface area contributed by atoms with E-state index in [1.807, 2.05) is 0 Å². The molecule has 0 radical (unpaired) electrons. The summed E-state index contributed by atoms with van der Waals surface area (Å²) >= 11 is 0. The van der Waals surface area contributed by atoms with Gasteiger partial charge in [-0.25, -0.2) is 0 Å². The molecule has 0 saturated carbocycles. The molecule has 0 saturated heterocycles. The van der Waals surface area contributed by atoms with Crippen molar-refractivity contribution in [3.8, 4) is 0 Å². The number of hydrogen-bond acceptors (Lipinski definition) is 2. The minimum Gasteiger partial charge on any atom is -0.314 e. The van der Waals surface area contributed by atoms with Crippen LogP contribution < -0.4 is 5.32 Å². The van der Waals surface area contributed by atoms with Crippen molar-refractivity contribution in [1.29, 1.82) is 0 Å². The first kappa shape index (κ1) is 11.9. The lowest BCUT2D eigenvalue weighted by atomic mass is 10.2. The Bertz CT molecular complexity index is 89.8. The van der Waals surface area contributed by atoms with Gasteiger partial charge in [-0.3, -0.25) is 0 Å². The van der Waals surface area contributed by atoms with Gasteiger partial charge in [-0.2, -0.15) is 0 Å². The lowest BCUT2D eigenvalue weighted by Gasteiger charge is -2.20. The van der Waals surface area contributed by atoms with Gasteiger partial charge in [0.05, 0.1) is 0 Å². The first-order valence-corrected chi connectivity index (χ1v) is 5.20. The summed E-state index contributed by atoms with van der Waals surface area (Å²) in [6, 6.07) is 0.663. The Labute approximate surface area is 77.3 Å². The van der Waals surface area contributed by atoms with E-state index in [0.717, 1.165) is 6.54 Å². The lowest BCUT2D eigenvalue weighted by Crippen LogP contribution is -2.32. The van der Waals surface area contributed by atoms with E-state index in [1.54, 1.807) is 0 Å². The molecule has 0 bridgehead atoms. The van der Waals surface area contributed by atoms with Crippen LogP contribution in [0.25, 0.3) is 0 Å². The van der Waals surface area contributed by atoms with Crippen LogP contribution in [0.1, 0.15) is 34.1 Å². The highest BCUT2D eigenvalue weighted by atomic mass is 15.1. The van der Waals surface area contributed by atoms with E-state index in [4.69, 9.17) is 0 Å². The number of nitrogens with zero attached hydrogens (tertiary/aromatic N) is 1. The van der Waals surface area contributed by atoms with Crippen LogP contribution in [0.2, 0.25) is 0 Å². The van der Waals surface area contributed by atoms with Crippen molar-refractivity contribution >= 4 is 0 Å². The second-order valence-electron chi connectivity index (χ2n) is 3.27. The highest BCUT2D eigenvalue weighted by molar-refractivity contribution is 4.62. The molecule has 0 aliphatic heterocycles. The minimum absolute atomic E-state index is 0.663. The summed E-state index contributed by atoms with van der Waals surface area (Å²) in [5.74, 6) is 0. The van der Waals surface area contributed by atoms with Crippen LogP contribution in [0.15, 0.2) is 0 Å². The van der Waals surface area contributed by atoms with E-state index in [-0.39, 0.29) is 0 Å². The van der Waals surface area contributed by atoms with E-state index in [2.05, 4.69) is 37.9 Å². The summed E-state index contributed by atoms with van der Waals surface area (Å²) < 4.78 is 0. The molecular formula is C10H24N2. The molecular weight excluding hydrogens is 148 g/mol. The van der Waals surface area contributed by atoms with Gasteiger partial charge >= 0.3 is 0 Å². The summed E-state index contributed by atoms with van der Waals surface area (Å²) in [5.41, 5.74) is 0. The van der Waals surface area contributed by atoms with Crippen LogP contribution in [-0.4, -0.2) is 37.1 Å². The van der Waals surface area contributed by atoms with Gasteiger partial charge in [0.1, 0.15) is 0 Å². The fraction of sp³-hybridized carbons (Fsp3) is 1.00. The van der Waals surface area contributed by atoms with Crippen molar-refractivity contribution in [2.45, 2.75) is 40.2 Å². The van der Waals surface area contributed by atoms with E-state index < -0.39 is 0 Å². The van der Waals surface area contributed by atoms with E-state index in [1.165, 1.54) is 26.1 Å².